The first-order chi connectivity index (χ1) is 9.84. The van der Waals surface area contributed by atoms with Crippen molar-refractivity contribution in [1.82, 2.24) is 0 Å². The molecule has 1 aromatic rings. The van der Waals surface area contributed by atoms with Crippen LogP contribution in [-0.2, 0) is 10.8 Å². The highest BCUT2D eigenvalue weighted by molar-refractivity contribution is 5.97. The third-order valence-corrected chi connectivity index (χ3v) is 6.67. The first-order valence-electron chi connectivity index (χ1n) is 8.20. The second-order valence-corrected chi connectivity index (χ2v) is 7.48. The Bertz CT molecular complexity index is 500. The summed E-state index contributed by atoms with van der Waals surface area (Å²) in [6, 6.07) is 9.19. The predicted molar refractivity (Wildman–Crippen MR) is 81.7 cm³/mol. The molecule has 0 amide bonds. The quantitative estimate of drug-likeness (QED) is 0.745. The molecule has 2 heteroatoms. The van der Waals surface area contributed by atoms with E-state index >= 15 is 0 Å². The van der Waals surface area contributed by atoms with Gasteiger partial charge in [0.25, 0.3) is 0 Å². The highest BCUT2D eigenvalue weighted by Gasteiger charge is 2.52. The topological polar surface area (TPSA) is 9.23 Å². The molecule has 2 fully saturated rings. The molecule has 0 heterocycles. The van der Waals surface area contributed by atoms with Crippen LogP contribution in [0.25, 0.3) is 0 Å². The summed E-state index contributed by atoms with van der Waals surface area (Å²) in [6.45, 7) is 0.916. The number of aryl methyl sites for hydroxylation is 1. The second-order valence-electron chi connectivity index (χ2n) is 7.20. The Labute approximate surface area is 125 Å². The summed E-state index contributed by atoms with van der Waals surface area (Å²) < 4.78 is 5.44. The van der Waals surface area contributed by atoms with Crippen molar-refractivity contribution >= 4 is 10.5 Å². The fourth-order valence-corrected chi connectivity index (χ4v) is 6.00. The van der Waals surface area contributed by atoms with E-state index in [1.54, 1.807) is 11.1 Å². The van der Waals surface area contributed by atoms with Gasteiger partial charge in [0, 0.05) is 6.61 Å². The number of benzene rings is 1. The van der Waals surface area contributed by atoms with Crippen LogP contribution in [0.15, 0.2) is 24.3 Å². The maximum atomic E-state index is 5.44. The molecule has 3 aliphatic rings. The summed E-state index contributed by atoms with van der Waals surface area (Å²) in [5.74, 6) is 2.62. The van der Waals surface area contributed by atoms with Gasteiger partial charge in [-0.05, 0) is 72.8 Å². The number of hydrogen-bond donors (Lipinski definition) is 0. The normalized spacial score (nSPS) is 39.0. The van der Waals surface area contributed by atoms with Crippen LogP contribution in [0.4, 0.5) is 0 Å². The summed E-state index contributed by atoms with van der Waals surface area (Å²) in [5.41, 5.74) is 3.77. The summed E-state index contributed by atoms with van der Waals surface area (Å²) >= 11 is 0. The molecular formula is C18H23OSi. The van der Waals surface area contributed by atoms with Crippen molar-refractivity contribution in [1.29, 1.82) is 0 Å². The van der Waals surface area contributed by atoms with Crippen molar-refractivity contribution in [3.8, 4) is 0 Å². The Morgan fingerprint density at radius 2 is 2.05 bits per heavy atom. The van der Waals surface area contributed by atoms with Crippen LogP contribution in [0.5, 0.6) is 0 Å². The molecule has 1 aromatic carbocycles. The van der Waals surface area contributed by atoms with Crippen LogP contribution in [-0.4, -0.2) is 17.1 Å². The van der Waals surface area contributed by atoms with Gasteiger partial charge in [-0.25, -0.2) is 0 Å². The number of fused-ring (bicyclic) bond motifs is 5. The van der Waals surface area contributed by atoms with Crippen LogP contribution in [0.2, 0.25) is 0 Å². The van der Waals surface area contributed by atoms with Gasteiger partial charge < -0.3 is 4.43 Å². The molecule has 0 bridgehead atoms. The monoisotopic (exact) mass is 283 g/mol. The van der Waals surface area contributed by atoms with Crippen molar-refractivity contribution in [3.05, 3.63) is 35.4 Å². The van der Waals surface area contributed by atoms with Gasteiger partial charge in [0.2, 0.25) is 10.5 Å². The van der Waals surface area contributed by atoms with Gasteiger partial charge in [-0.1, -0.05) is 30.7 Å². The van der Waals surface area contributed by atoms with E-state index in [0.717, 1.165) is 24.4 Å². The molecule has 0 unspecified atom stereocenters. The van der Waals surface area contributed by atoms with Crippen molar-refractivity contribution in [2.24, 2.45) is 17.3 Å². The maximum Gasteiger partial charge on any atom is 0.246 e. The van der Waals surface area contributed by atoms with Gasteiger partial charge >= 0.3 is 0 Å². The predicted octanol–water partition coefficient (Wildman–Crippen LogP) is 4.01. The van der Waals surface area contributed by atoms with E-state index in [1.165, 1.54) is 44.9 Å². The summed E-state index contributed by atoms with van der Waals surface area (Å²) in [7, 11) is 3.28. The van der Waals surface area contributed by atoms with E-state index in [4.69, 9.17) is 4.43 Å². The van der Waals surface area contributed by atoms with Gasteiger partial charge in [-0.2, -0.15) is 0 Å². The Balaban J connectivity index is 1.68. The lowest BCUT2D eigenvalue weighted by Gasteiger charge is -2.50. The van der Waals surface area contributed by atoms with Crippen LogP contribution < -0.4 is 0 Å². The van der Waals surface area contributed by atoms with Crippen molar-refractivity contribution in [3.63, 3.8) is 0 Å². The van der Waals surface area contributed by atoms with Crippen molar-refractivity contribution < 1.29 is 4.43 Å². The standard InChI is InChI=1S/C18H23OSi/c20-19-12-18-10-3-6-17(18)16-8-7-13-4-1-2-5-14(13)15(16)9-11-18/h1-2,4-5,15-17H,3,6-12H2/t15-,16-,17+,18+/m1/s1. The molecular weight excluding hydrogens is 260 g/mol. The lowest BCUT2D eigenvalue weighted by molar-refractivity contribution is 0.00709. The number of hydrogen-bond acceptors (Lipinski definition) is 1. The first-order valence-corrected chi connectivity index (χ1v) is 8.61. The molecule has 0 aromatic heterocycles. The van der Waals surface area contributed by atoms with Gasteiger partial charge in [0.1, 0.15) is 0 Å². The van der Waals surface area contributed by atoms with Crippen LogP contribution in [0, 0.1) is 17.3 Å². The van der Waals surface area contributed by atoms with Crippen LogP contribution in [0.1, 0.15) is 55.6 Å². The van der Waals surface area contributed by atoms with E-state index in [0.29, 0.717) is 5.41 Å². The Hall–Kier alpha value is -0.603. The molecule has 4 rings (SSSR count). The van der Waals surface area contributed by atoms with E-state index in [2.05, 4.69) is 34.8 Å². The van der Waals surface area contributed by atoms with E-state index < -0.39 is 0 Å². The van der Waals surface area contributed by atoms with E-state index in [-0.39, 0.29) is 0 Å². The molecule has 0 aliphatic heterocycles. The molecule has 3 aliphatic carbocycles. The smallest absolute Gasteiger partial charge is 0.246 e. The minimum Gasteiger partial charge on any atom is -0.418 e. The molecule has 4 atom stereocenters. The number of rotatable bonds is 2. The van der Waals surface area contributed by atoms with Gasteiger partial charge in [0.15, 0.2) is 0 Å². The Morgan fingerprint density at radius 1 is 1.15 bits per heavy atom. The van der Waals surface area contributed by atoms with Crippen molar-refractivity contribution in [2.45, 2.75) is 50.9 Å². The fraction of sp³-hybridized carbons (Fsp3) is 0.667. The average molecular weight is 283 g/mol. The SMILES string of the molecule is [Si]OC[C@@]12CCC[C@H]1[C@@H]1CCc3ccccc3[C@H]1CC2. The third kappa shape index (κ3) is 1.84. The fourth-order valence-electron chi connectivity index (χ4n) is 5.71. The van der Waals surface area contributed by atoms with Crippen LogP contribution >= 0.6 is 0 Å². The molecule has 0 spiro atoms. The summed E-state index contributed by atoms with van der Waals surface area (Å²) in [5, 5.41) is 0. The zero-order valence-electron chi connectivity index (χ0n) is 12.1. The van der Waals surface area contributed by atoms with Gasteiger partial charge in [-0.3, -0.25) is 0 Å². The molecule has 2 saturated carbocycles. The first kappa shape index (κ1) is 13.1. The maximum absolute atomic E-state index is 5.44. The Morgan fingerprint density at radius 3 is 2.95 bits per heavy atom. The highest BCUT2D eigenvalue weighted by atomic mass is 28.2. The Kier molecular flexibility index (Phi) is 3.27. The second kappa shape index (κ2) is 4.99. The molecule has 20 heavy (non-hydrogen) atoms. The summed E-state index contributed by atoms with van der Waals surface area (Å²) in [4.78, 5) is 0. The summed E-state index contributed by atoms with van der Waals surface area (Å²) in [6.07, 6.45) is 9.64. The average Bonchev–Trinajstić information content (AvgIpc) is 2.91. The third-order valence-electron chi connectivity index (χ3n) is 6.52. The lowest BCUT2D eigenvalue weighted by Crippen LogP contribution is -2.43. The minimum atomic E-state index is 0.481. The largest absolute Gasteiger partial charge is 0.418 e. The highest BCUT2D eigenvalue weighted by Crippen LogP contribution is 2.60. The van der Waals surface area contributed by atoms with E-state index in [1.807, 2.05) is 0 Å². The van der Waals surface area contributed by atoms with E-state index in [9.17, 15) is 0 Å². The van der Waals surface area contributed by atoms with Crippen LogP contribution in [0.3, 0.4) is 0 Å². The van der Waals surface area contributed by atoms with Crippen molar-refractivity contribution in [2.75, 3.05) is 6.61 Å². The lowest BCUT2D eigenvalue weighted by atomic mass is 9.55. The van der Waals surface area contributed by atoms with Gasteiger partial charge in [0.05, 0.1) is 0 Å². The molecule has 3 radical (unpaired) electrons. The molecule has 1 nitrogen and oxygen atoms in total. The molecule has 105 valence electrons. The zero-order chi connectivity index (χ0) is 13.6. The molecule has 0 N–H and O–H groups in total. The zero-order valence-corrected chi connectivity index (χ0v) is 13.1. The van der Waals surface area contributed by atoms with Gasteiger partial charge in [-0.15, -0.1) is 0 Å². The molecule has 0 saturated heterocycles. The minimum absolute atomic E-state index is 0.481.